The van der Waals surface area contributed by atoms with Crippen LogP contribution in [0.2, 0.25) is 0 Å². The molecule has 0 saturated heterocycles. The van der Waals surface area contributed by atoms with Crippen molar-refractivity contribution in [1.29, 1.82) is 0 Å². The number of H-pyrrole nitrogens is 1. The molecule has 4 aromatic rings. The molecule has 162 valence electrons. The molecule has 1 aliphatic rings. The molecule has 1 aliphatic heterocycles. The highest BCUT2D eigenvalue weighted by molar-refractivity contribution is 7.55. The summed E-state index contributed by atoms with van der Waals surface area (Å²) in [7, 11) is 0.615. The number of benzene rings is 3. The summed E-state index contributed by atoms with van der Waals surface area (Å²) in [4.78, 5) is 16.0. The van der Waals surface area contributed by atoms with E-state index in [1.54, 1.807) is 0 Å². The lowest BCUT2D eigenvalue weighted by Crippen LogP contribution is -2.09. The molecule has 0 amide bonds. The maximum absolute atomic E-state index is 12.4. The Hall–Kier alpha value is -3.68. The molecule has 5 rings (SSSR count). The number of ketones is 1. The molecule has 2 N–H and O–H groups in total. The number of dihydropyridines is 1. The second kappa shape index (κ2) is 9.05. The fourth-order valence-electron chi connectivity index (χ4n) is 4.19. The van der Waals surface area contributed by atoms with E-state index in [1.807, 2.05) is 43.5 Å². The van der Waals surface area contributed by atoms with Crippen LogP contribution in [0.3, 0.4) is 0 Å². The first-order valence-corrected chi connectivity index (χ1v) is 12.1. The van der Waals surface area contributed by atoms with E-state index >= 15 is 0 Å². The maximum Gasteiger partial charge on any atom is 0.162 e. The fraction of sp³-hybridized carbons (Fsp3) is 0.0690. The highest BCUT2D eigenvalue weighted by Crippen LogP contribution is 2.38. The minimum Gasteiger partial charge on any atom is -0.362 e. The molecule has 3 nitrogen and oxygen atoms in total. The molecule has 0 aliphatic carbocycles. The predicted molar refractivity (Wildman–Crippen MR) is 142 cm³/mol. The highest BCUT2D eigenvalue weighted by atomic mass is 31.1. The average Bonchev–Trinajstić information content (AvgIpc) is 3.23. The van der Waals surface area contributed by atoms with Crippen molar-refractivity contribution < 1.29 is 4.79 Å². The molecule has 0 spiro atoms. The van der Waals surface area contributed by atoms with E-state index in [1.165, 1.54) is 10.6 Å². The number of hydrogen-bond acceptors (Lipinski definition) is 2. The Morgan fingerprint density at radius 1 is 0.970 bits per heavy atom. The number of fused-ring (bicyclic) bond motifs is 1. The molecule has 2 heterocycles. The van der Waals surface area contributed by atoms with Crippen molar-refractivity contribution in [3.05, 3.63) is 115 Å². The number of nitrogens with one attached hydrogen (secondary N) is 2. The number of Topliss-reactive ketones (excluding diaryl/α,β-unsaturated/α-hetero) is 1. The SMILES string of the molecule is C=C1NC=CC=C1c1[nH]c2ccc(C(=O)CC)cc2c1-c1ccc(Pc2ccccc2)cc1. The summed E-state index contributed by atoms with van der Waals surface area (Å²) in [5.74, 6) is 0.149. The second-order valence-electron chi connectivity index (χ2n) is 8.04. The van der Waals surface area contributed by atoms with Crippen molar-refractivity contribution in [1.82, 2.24) is 10.3 Å². The molecule has 4 heteroatoms. The molecule has 1 aromatic heterocycles. The lowest BCUT2D eigenvalue weighted by molar-refractivity contribution is 0.0988. The van der Waals surface area contributed by atoms with Crippen LogP contribution >= 0.6 is 8.58 Å². The summed E-state index contributed by atoms with van der Waals surface area (Å²) in [6.45, 7) is 6.09. The number of carbonyl (C=O) groups is 1. The third-order valence-electron chi connectivity index (χ3n) is 5.89. The zero-order chi connectivity index (χ0) is 22.8. The second-order valence-corrected chi connectivity index (χ2v) is 9.45. The molecule has 1 unspecified atom stereocenters. The number of carbonyl (C=O) groups excluding carboxylic acids is 1. The van der Waals surface area contributed by atoms with Gasteiger partial charge in [0.25, 0.3) is 0 Å². The van der Waals surface area contributed by atoms with E-state index in [4.69, 9.17) is 0 Å². The van der Waals surface area contributed by atoms with Gasteiger partial charge in [-0.25, -0.2) is 0 Å². The Morgan fingerprint density at radius 2 is 1.73 bits per heavy atom. The monoisotopic (exact) mass is 448 g/mol. The van der Waals surface area contributed by atoms with Crippen LogP contribution in [0, 0.1) is 0 Å². The molecule has 0 fully saturated rings. The van der Waals surface area contributed by atoms with E-state index in [2.05, 4.69) is 71.5 Å². The first-order valence-electron chi connectivity index (χ1n) is 11.1. The summed E-state index contributed by atoms with van der Waals surface area (Å²) in [5, 5.41) is 6.87. The summed E-state index contributed by atoms with van der Waals surface area (Å²) in [6.07, 6.45) is 6.42. The van der Waals surface area contributed by atoms with Crippen LogP contribution in [0.15, 0.2) is 103 Å². The summed E-state index contributed by atoms with van der Waals surface area (Å²) in [5.41, 5.74) is 6.82. The Kier molecular flexibility index (Phi) is 5.81. The molecular weight excluding hydrogens is 423 g/mol. The summed E-state index contributed by atoms with van der Waals surface area (Å²) >= 11 is 0. The highest BCUT2D eigenvalue weighted by Gasteiger charge is 2.20. The zero-order valence-electron chi connectivity index (χ0n) is 18.5. The normalized spacial score (nSPS) is 13.5. The molecule has 3 aromatic carbocycles. The number of aromatic amines is 1. The van der Waals surface area contributed by atoms with Gasteiger partial charge in [-0.2, -0.15) is 0 Å². The van der Waals surface area contributed by atoms with Gasteiger partial charge in [0.1, 0.15) is 0 Å². The van der Waals surface area contributed by atoms with Gasteiger partial charge in [-0.15, -0.1) is 0 Å². The van der Waals surface area contributed by atoms with E-state index < -0.39 is 0 Å². The van der Waals surface area contributed by atoms with Gasteiger partial charge in [0, 0.05) is 45.9 Å². The number of hydrogen-bond donors (Lipinski definition) is 2. The lowest BCUT2D eigenvalue weighted by atomic mass is 9.95. The third-order valence-corrected chi connectivity index (χ3v) is 7.13. The van der Waals surface area contributed by atoms with Crippen molar-refractivity contribution in [2.45, 2.75) is 13.3 Å². The largest absolute Gasteiger partial charge is 0.362 e. The Bertz CT molecular complexity index is 1410. The van der Waals surface area contributed by atoms with Crippen LogP contribution in [0.1, 0.15) is 29.4 Å². The van der Waals surface area contributed by atoms with Gasteiger partial charge in [-0.3, -0.25) is 4.79 Å². The van der Waals surface area contributed by atoms with Crippen molar-refractivity contribution in [3.8, 4) is 11.1 Å². The van der Waals surface area contributed by atoms with Crippen LogP contribution in [-0.4, -0.2) is 10.8 Å². The molecule has 1 atom stereocenters. The van der Waals surface area contributed by atoms with E-state index in [0.29, 0.717) is 15.0 Å². The van der Waals surface area contributed by atoms with Crippen molar-refractivity contribution in [3.63, 3.8) is 0 Å². The Morgan fingerprint density at radius 3 is 2.45 bits per heavy atom. The fourth-order valence-corrected chi connectivity index (χ4v) is 5.21. The van der Waals surface area contributed by atoms with Gasteiger partial charge in [-0.05, 0) is 46.5 Å². The molecule has 0 bridgehead atoms. The predicted octanol–water partition coefficient (Wildman–Crippen LogP) is 6.07. The van der Waals surface area contributed by atoms with Crippen LogP contribution in [-0.2, 0) is 0 Å². The van der Waals surface area contributed by atoms with Crippen LogP contribution in [0.25, 0.3) is 27.6 Å². The van der Waals surface area contributed by atoms with Gasteiger partial charge in [0.15, 0.2) is 5.78 Å². The quantitative estimate of drug-likeness (QED) is 0.278. The maximum atomic E-state index is 12.4. The smallest absolute Gasteiger partial charge is 0.162 e. The summed E-state index contributed by atoms with van der Waals surface area (Å²) < 4.78 is 0. The standard InChI is InChI=1S/C29H25N2OP/c1-3-27(32)21-13-16-26-25(18-21)28(29(31-26)24-10-7-17-30-19(24)2)20-11-14-23(15-12-20)33-22-8-5-4-6-9-22/h4-18,30-31,33H,2-3H2,1H3. The molecule has 33 heavy (non-hydrogen) atoms. The number of aromatic nitrogens is 1. The van der Waals surface area contributed by atoms with Crippen LogP contribution in [0.4, 0.5) is 0 Å². The van der Waals surface area contributed by atoms with E-state index in [0.717, 1.165) is 44.6 Å². The molecular formula is C29H25N2OP. The van der Waals surface area contributed by atoms with E-state index in [9.17, 15) is 4.79 Å². The van der Waals surface area contributed by atoms with Gasteiger partial charge < -0.3 is 10.3 Å². The Balaban J connectivity index is 1.63. The lowest BCUT2D eigenvalue weighted by Gasteiger charge is -2.15. The van der Waals surface area contributed by atoms with Gasteiger partial charge in [-0.1, -0.05) is 76.7 Å². The number of allylic oxidation sites excluding steroid dienone is 3. The van der Waals surface area contributed by atoms with Gasteiger partial charge in [0.2, 0.25) is 0 Å². The zero-order valence-corrected chi connectivity index (χ0v) is 19.5. The van der Waals surface area contributed by atoms with E-state index in [-0.39, 0.29) is 5.78 Å². The average molecular weight is 449 g/mol. The minimum atomic E-state index is 0.149. The number of rotatable bonds is 6. The minimum absolute atomic E-state index is 0.149. The van der Waals surface area contributed by atoms with Gasteiger partial charge in [0.05, 0.1) is 5.69 Å². The topological polar surface area (TPSA) is 44.9 Å². The van der Waals surface area contributed by atoms with Crippen LogP contribution < -0.4 is 15.9 Å². The van der Waals surface area contributed by atoms with Gasteiger partial charge >= 0.3 is 0 Å². The first-order chi connectivity index (χ1) is 16.1. The van der Waals surface area contributed by atoms with Crippen LogP contribution in [0.5, 0.6) is 0 Å². The molecule has 0 radical (unpaired) electrons. The first kappa shape index (κ1) is 21.2. The molecule has 0 saturated carbocycles. The third kappa shape index (κ3) is 4.20. The Labute approximate surface area is 195 Å². The van der Waals surface area contributed by atoms with Crippen molar-refractivity contribution in [2.75, 3.05) is 0 Å². The summed E-state index contributed by atoms with van der Waals surface area (Å²) in [6, 6.07) is 25.2. The van der Waals surface area contributed by atoms with Crippen molar-refractivity contribution in [2.24, 2.45) is 0 Å². The van der Waals surface area contributed by atoms with Crippen molar-refractivity contribution >= 4 is 41.4 Å².